The second kappa shape index (κ2) is 6.99. The van der Waals surface area contributed by atoms with Crippen molar-refractivity contribution in [2.75, 3.05) is 14.1 Å². The summed E-state index contributed by atoms with van der Waals surface area (Å²) in [5.41, 5.74) is 0.585. The molecule has 108 valence electrons. The molecule has 0 aliphatic heterocycles. The van der Waals surface area contributed by atoms with Crippen LogP contribution in [0.5, 0.6) is 0 Å². The average molecular weight is 299 g/mol. The Morgan fingerprint density at radius 2 is 1.52 bits per heavy atom. The molecule has 2 rings (SSSR count). The Kier molecular flexibility index (Phi) is 5.06. The molecule has 21 heavy (non-hydrogen) atoms. The summed E-state index contributed by atoms with van der Waals surface area (Å²) >= 11 is 0. The summed E-state index contributed by atoms with van der Waals surface area (Å²) in [6.07, 6.45) is 3.22. The molecule has 0 aliphatic rings. The Morgan fingerprint density at radius 1 is 0.952 bits per heavy atom. The molecule has 1 atom stereocenters. The third-order valence-corrected chi connectivity index (χ3v) is 4.23. The van der Waals surface area contributed by atoms with Gasteiger partial charge in [0.1, 0.15) is 0 Å². The van der Waals surface area contributed by atoms with Gasteiger partial charge in [-0.05, 0) is 36.4 Å². The largest absolute Gasteiger partial charge is 0.383 e. The lowest BCUT2D eigenvalue weighted by Crippen LogP contribution is -2.03. The zero-order valence-electron chi connectivity index (χ0n) is 12.0. The first-order valence-electron chi connectivity index (χ1n) is 6.54. The van der Waals surface area contributed by atoms with Gasteiger partial charge in [0.15, 0.2) is 5.78 Å². The minimum absolute atomic E-state index is 0.0688. The number of rotatable bonds is 5. The highest BCUT2D eigenvalue weighted by Crippen LogP contribution is 2.17. The number of hydrogen-bond acceptors (Lipinski definition) is 3. The second-order valence-electron chi connectivity index (χ2n) is 4.75. The molecule has 2 aromatic rings. The second-order valence-corrected chi connectivity index (χ2v) is 6.23. The summed E-state index contributed by atoms with van der Waals surface area (Å²) in [5, 5.41) is 0. The minimum atomic E-state index is -1.22. The molecule has 0 heterocycles. The minimum Gasteiger partial charge on any atom is -0.383 e. The molecule has 0 N–H and O–H groups in total. The molecular formula is C17H17NO2S. The molecule has 0 amide bonds. The lowest BCUT2D eigenvalue weighted by molar-refractivity contribution is 0.104. The van der Waals surface area contributed by atoms with Crippen molar-refractivity contribution in [2.45, 2.75) is 9.79 Å². The Bertz CT molecular complexity index is 661. The Hall–Kier alpha value is -2.20. The number of allylic oxidation sites excluding steroid dienone is 1. The van der Waals surface area contributed by atoms with Crippen LogP contribution in [-0.2, 0) is 10.8 Å². The van der Waals surface area contributed by atoms with E-state index in [4.69, 9.17) is 0 Å². The lowest BCUT2D eigenvalue weighted by Gasteiger charge is -2.04. The highest BCUT2D eigenvalue weighted by atomic mass is 32.2. The van der Waals surface area contributed by atoms with Crippen molar-refractivity contribution in [3.8, 4) is 0 Å². The number of carbonyl (C=O) groups is 1. The Morgan fingerprint density at radius 3 is 2.10 bits per heavy atom. The summed E-state index contributed by atoms with van der Waals surface area (Å²) in [4.78, 5) is 15.2. The molecule has 2 aromatic carbocycles. The number of benzene rings is 2. The number of nitrogens with zero attached hydrogens (tertiary/aromatic N) is 1. The van der Waals surface area contributed by atoms with Crippen LogP contribution in [0.15, 0.2) is 76.7 Å². The van der Waals surface area contributed by atoms with Crippen LogP contribution in [0.1, 0.15) is 10.4 Å². The predicted molar refractivity (Wildman–Crippen MR) is 84.7 cm³/mol. The van der Waals surface area contributed by atoms with E-state index in [0.29, 0.717) is 10.5 Å². The van der Waals surface area contributed by atoms with E-state index in [1.54, 1.807) is 35.4 Å². The van der Waals surface area contributed by atoms with Crippen molar-refractivity contribution >= 4 is 16.6 Å². The molecule has 0 saturated carbocycles. The molecule has 0 aliphatic carbocycles. The van der Waals surface area contributed by atoms with Crippen molar-refractivity contribution in [2.24, 2.45) is 0 Å². The van der Waals surface area contributed by atoms with Gasteiger partial charge in [-0.3, -0.25) is 4.79 Å². The molecule has 3 nitrogen and oxygen atoms in total. The van der Waals surface area contributed by atoms with Gasteiger partial charge in [-0.2, -0.15) is 0 Å². The van der Waals surface area contributed by atoms with Gasteiger partial charge in [0.05, 0.1) is 10.8 Å². The zero-order chi connectivity index (χ0) is 15.2. The lowest BCUT2D eigenvalue weighted by atomic mass is 10.1. The van der Waals surface area contributed by atoms with Crippen molar-refractivity contribution in [3.63, 3.8) is 0 Å². The van der Waals surface area contributed by atoms with Crippen molar-refractivity contribution in [1.82, 2.24) is 4.90 Å². The zero-order valence-corrected chi connectivity index (χ0v) is 12.8. The SMILES string of the molecule is CN(C)C=CC(=O)c1ccc(S(=O)c2ccccc2)cc1. The summed E-state index contributed by atoms with van der Waals surface area (Å²) in [7, 11) is 2.50. The molecule has 0 bridgehead atoms. The summed E-state index contributed by atoms with van der Waals surface area (Å²) in [6.45, 7) is 0. The molecule has 1 unspecified atom stereocenters. The van der Waals surface area contributed by atoms with Gasteiger partial charge < -0.3 is 4.90 Å². The van der Waals surface area contributed by atoms with E-state index >= 15 is 0 Å². The fourth-order valence-corrected chi connectivity index (χ4v) is 2.80. The quantitative estimate of drug-likeness (QED) is 0.629. The third-order valence-electron chi connectivity index (χ3n) is 2.83. The smallest absolute Gasteiger partial charge is 0.187 e. The maximum Gasteiger partial charge on any atom is 0.187 e. The topological polar surface area (TPSA) is 37.4 Å². The highest BCUT2D eigenvalue weighted by molar-refractivity contribution is 7.85. The standard InChI is InChI=1S/C17H17NO2S/c1-18(2)13-12-17(19)14-8-10-16(11-9-14)21(20)15-6-4-3-5-7-15/h3-13H,1-2H3. The van der Waals surface area contributed by atoms with Crippen LogP contribution in [0.4, 0.5) is 0 Å². The van der Waals surface area contributed by atoms with E-state index in [9.17, 15) is 9.00 Å². The van der Waals surface area contributed by atoms with Crippen molar-refractivity contribution in [3.05, 3.63) is 72.4 Å². The number of ketones is 1. The van der Waals surface area contributed by atoms with Crippen molar-refractivity contribution in [1.29, 1.82) is 0 Å². The Balaban J connectivity index is 2.16. The summed E-state index contributed by atoms with van der Waals surface area (Å²) in [6, 6.07) is 16.1. The van der Waals surface area contributed by atoms with E-state index in [1.165, 1.54) is 6.08 Å². The third kappa shape index (κ3) is 4.13. The molecule has 0 spiro atoms. The van der Waals surface area contributed by atoms with E-state index in [2.05, 4.69) is 0 Å². The van der Waals surface area contributed by atoms with Crippen molar-refractivity contribution < 1.29 is 9.00 Å². The highest BCUT2D eigenvalue weighted by Gasteiger charge is 2.08. The predicted octanol–water partition coefficient (Wildman–Crippen LogP) is 3.11. The summed E-state index contributed by atoms with van der Waals surface area (Å²) < 4.78 is 12.3. The van der Waals surface area contributed by atoms with Crippen LogP contribution in [0.3, 0.4) is 0 Å². The number of carbonyl (C=O) groups excluding carboxylic acids is 1. The molecule has 4 heteroatoms. The fraction of sp³-hybridized carbons (Fsp3) is 0.118. The normalized spacial score (nSPS) is 12.3. The first kappa shape index (κ1) is 15.2. The van der Waals surface area contributed by atoms with Crippen LogP contribution >= 0.6 is 0 Å². The maximum absolute atomic E-state index is 12.3. The van der Waals surface area contributed by atoms with Gasteiger partial charge in [-0.15, -0.1) is 0 Å². The molecule has 0 fully saturated rings. The van der Waals surface area contributed by atoms with E-state index in [0.717, 1.165) is 4.90 Å². The first-order chi connectivity index (χ1) is 10.1. The van der Waals surface area contributed by atoms with Gasteiger partial charge in [0, 0.05) is 41.7 Å². The van der Waals surface area contributed by atoms with Crippen LogP contribution in [0.25, 0.3) is 0 Å². The molecule has 0 radical (unpaired) electrons. The average Bonchev–Trinajstić information content (AvgIpc) is 2.53. The molecule has 0 saturated heterocycles. The van der Waals surface area contributed by atoms with E-state index in [-0.39, 0.29) is 5.78 Å². The van der Waals surface area contributed by atoms with Crippen LogP contribution < -0.4 is 0 Å². The van der Waals surface area contributed by atoms with Crippen LogP contribution in [0, 0.1) is 0 Å². The molecule has 0 aromatic heterocycles. The fourth-order valence-electron chi connectivity index (χ4n) is 1.74. The van der Waals surface area contributed by atoms with E-state index in [1.807, 2.05) is 44.4 Å². The van der Waals surface area contributed by atoms with E-state index < -0.39 is 10.8 Å². The van der Waals surface area contributed by atoms with Gasteiger partial charge >= 0.3 is 0 Å². The maximum atomic E-state index is 12.3. The van der Waals surface area contributed by atoms with Gasteiger partial charge in [0.25, 0.3) is 0 Å². The first-order valence-corrected chi connectivity index (χ1v) is 7.69. The molecular weight excluding hydrogens is 282 g/mol. The Labute approximate surface area is 127 Å². The van der Waals surface area contributed by atoms with Gasteiger partial charge in [-0.1, -0.05) is 18.2 Å². The monoisotopic (exact) mass is 299 g/mol. The summed E-state index contributed by atoms with van der Waals surface area (Å²) in [5.74, 6) is -0.0688. The van der Waals surface area contributed by atoms with Crippen LogP contribution in [0.2, 0.25) is 0 Å². The van der Waals surface area contributed by atoms with Gasteiger partial charge in [0.2, 0.25) is 0 Å². The van der Waals surface area contributed by atoms with Gasteiger partial charge in [-0.25, -0.2) is 4.21 Å². The number of hydrogen-bond donors (Lipinski definition) is 0. The van der Waals surface area contributed by atoms with Crippen LogP contribution in [-0.4, -0.2) is 29.0 Å².